The number of benzene rings is 2. The van der Waals surface area contributed by atoms with E-state index in [2.05, 4.69) is 10.6 Å². The first kappa shape index (κ1) is 21.4. The number of likely N-dealkylation sites (N-methyl/N-ethyl adjacent to an activating group) is 1. The Kier molecular flexibility index (Phi) is 7.17. The van der Waals surface area contributed by atoms with Crippen molar-refractivity contribution in [2.75, 3.05) is 30.8 Å². The van der Waals surface area contributed by atoms with Gasteiger partial charge in [-0.15, -0.1) is 0 Å². The lowest BCUT2D eigenvalue weighted by Gasteiger charge is -2.18. The molecule has 0 unspecified atom stereocenters. The Morgan fingerprint density at radius 2 is 1.61 bits per heavy atom. The van der Waals surface area contributed by atoms with Gasteiger partial charge in [0.2, 0.25) is 11.8 Å². The molecule has 2 amide bonds. The maximum absolute atomic E-state index is 13.0. The third-order valence-corrected chi connectivity index (χ3v) is 3.95. The van der Waals surface area contributed by atoms with Crippen LogP contribution in [0.1, 0.15) is 18.1 Å². The zero-order valence-electron chi connectivity index (χ0n) is 15.6. The number of carbonyl (C=O) groups is 2. The van der Waals surface area contributed by atoms with Crippen LogP contribution in [0.4, 0.5) is 24.5 Å². The van der Waals surface area contributed by atoms with Crippen molar-refractivity contribution in [2.45, 2.75) is 19.5 Å². The molecule has 28 heavy (non-hydrogen) atoms. The summed E-state index contributed by atoms with van der Waals surface area (Å²) in [6, 6.07) is 12.2. The number of hydrogen-bond donors (Lipinski definition) is 2. The average molecular weight is 393 g/mol. The molecule has 0 aliphatic carbocycles. The summed E-state index contributed by atoms with van der Waals surface area (Å²) < 4.78 is 38.9. The second-order valence-corrected chi connectivity index (χ2v) is 6.37. The van der Waals surface area contributed by atoms with E-state index in [1.54, 1.807) is 6.07 Å². The first-order valence-electron chi connectivity index (χ1n) is 8.72. The molecule has 0 saturated heterocycles. The summed E-state index contributed by atoms with van der Waals surface area (Å²) in [6.07, 6.45) is -3.73. The summed E-state index contributed by atoms with van der Waals surface area (Å²) in [5, 5.41) is 4.99. The molecule has 0 aliphatic heterocycles. The topological polar surface area (TPSA) is 61.4 Å². The smallest absolute Gasteiger partial charge is 0.325 e. The van der Waals surface area contributed by atoms with Gasteiger partial charge >= 0.3 is 6.18 Å². The van der Waals surface area contributed by atoms with Gasteiger partial charge in [-0.1, -0.05) is 31.2 Å². The summed E-state index contributed by atoms with van der Waals surface area (Å²) in [5.74, 6) is -0.959. The molecule has 2 N–H and O–H groups in total. The maximum atomic E-state index is 13.0. The second kappa shape index (κ2) is 9.36. The Hall–Kier alpha value is -2.87. The molecule has 8 heteroatoms. The fourth-order valence-corrected chi connectivity index (χ4v) is 2.64. The van der Waals surface area contributed by atoms with Gasteiger partial charge in [-0.2, -0.15) is 13.2 Å². The quantitative estimate of drug-likeness (QED) is 0.753. The van der Waals surface area contributed by atoms with Gasteiger partial charge in [0, 0.05) is 5.69 Å². The molecule has 2 aromatic carbocycles. The highest BCUT2D eigenvalue weighted by Gasteiger charge is 2.33. The lowest BCUT2D eigenvalue weighted by atomic mass is 10.1. The molecule has 0 bridgehead atoms. The molecule has 0 fully saturated rings. The molecule has 0 radical (unpaired) electrons. The molecule has 0 aliphatic rings. The number of carbonyl (C=O) groups excluding carboxylic acids is 2. The van der Waals surface area contributed by atoms with Gasteiger partial charge in [0.1, 0.15) is 0 Å². The largest absolute Gasteiger partial charge is 0.418 e. The van der Waals surface area contributed by atoms with Crippen LogP contribution < -0.4 is 10.6 Å². The maximum Gasteiger partial charge on any atom is 0.418 e. The Morgan fingerprint density at radius 3 is 2.25 bits per heavy atom. The number of nitrogens with zero attached hydrogens (tertiary/aromatic N) is 1. The van der Waals surface area contributed by atoms with Crippen LogP contribution in [0, 0.1) is 0 Å². The molecule has 5 nitrogen and oxygen atoms in total. The molecule has 0 spiro atoms. The van der Waals surface area contributed by atoms with Crippen LogP contribution in [0.2, 0.25) is 0 Å². The fraction of sp³-hybridized carbons (Fsp3) is 0.300. The number of para-hydroxylation sites is 1. The molecule has 0 aromatic heterocycles. The molecular weight excluding hydrogens is 371 g/mol. The minimum atomic E-state index is -4.57. The Balaban J connectivity index is 1.90. The third kappa shape index (κ3) is 6.38. The number of rotatable bonds is 7. The first-order valence-corrected chi connectivity index (χ1v) is 8.72. The van der Waals surface area contributed by atoms with Crippen molar-refractivity contribution in [3.05, 3.63) is 59.7 Å². The lowest BCUT2D eigenvalue weighted by Crippen LogP contribution is -2.36. The minimum absolute atomic E-state index is 0.0787. The van der Waals surface area contributed by atoms with Crippen LogP contribution in [0.5, 0.6) is 0 Å². The summed E-state index contributed by atoms with van der Waals surface area (Å²) in [7, 11) is 1.54. The van der Waals surface area contributed by atoms with Gasteiger partial charge in [-0.3, -0.25) is 14.5 Å². The van der Waals surface area contributed by atoms with E-state index in [0.717, 1.165) is 18.1 Å². The zero-order chi connectivity index (χ0) is 20.7. The number of alkyl halides is 3. The van der Waals surface area contributed by atoms with E-state index in [4.69, 9.17) is 0 Å². The van der Waals surface area contributed by atoms with Crippen LogP contribution in [-0.4, -0.2) is 36.9 Å². The van der Waals surface area contributed by atoms with Crippen molar-refractivity contribution >= 4 is 23.2 Å². The summed E-state index contributed by atoms with van der Waals surface area (Å²) in [5.41, 5.74) is 0.504. The Bertz CT molecular complexity index is 837. The number of aryl methyl sites for hydroxylation is 1. The Morgan fingerprint density at radius 1 is 0.964 bits per heavy atom. The summed E-state index contributed by atoms with van der Waals surface area (Å²) >= 11 is 0. The van der Waals surface area contributed by atoms with Crippen molar-refractivity contribution in [3.63, 3.8) is 0 Å². The molecule has 0 heterocycles. The molecule has 150 valence electrons. The van der Waals surface area contributed by atoms with E-state index < -0.39 is 17.6 Å². The van der Waals surface area contributed by atoms with Crippen LogP contribution in [0.25, 0.3) is 0 Å². The monoisotopic (exact) mass is 393 g/mol. The number of halogens is 3. The molecular formula is C20H22F3N3O2. The highest BCUT2D eigenvalue weighted by molar-refractivity contribution is 5.95. The number of amides is 2. The highest BCUT2D eigenvalue weighted by Crippen LogP contribution is 2.34. The van der Waals surface area contributed by atoms with Gasteiger partial charge < -0.3 is 10.6 Å². The molecule has 2 aromatic rings. The van der Waals surface area contributed by atoms with Gasteiger partial charge in [0.25, 0.3) is 0 Å². The predicted molar refractivity (Wildman–Crippen MR) is 102 cm³/mol. The van der Waals surface area contributed by atoms with E-state index in [-0.39, 0.29) is 24.7 Å². The Labute approximate surface area is 161 Å². The second-order valence-electron chi connectivity index (χ2n) is 6.37. The van der Waals surface area contributed by atoms with E-state index >= 15 is 0 Å². The van der Waals surface area contributed by atoms with Crippen molar-refractivity contribution < 1.29 is 22.8 Å². The standard InChI is InChI=1S/C20H22F3N3O2/c1-3-14-7-6-8-15(11-14)24-18(27)12-26(2)13-19(28)25-17-10-5-4-9-16(17)20(21,22)23/h4-11H,3,12-13H2,1-2H3,(H,24,27)(H,25,28). The van der Waals surface area contributed by atoms with Crippen LogP contribution in [-0.2, 0) is 22.2 Å². The summed E-state index contributed by atoms with van der Waals surface area (Å²) in [4.78, 5) is 25.6. The first-order chi connectivity index (χ1) is 13.2. The average Bonchev–Trinajstić information content (AvgIpc) is 2.60. The minimum Gasteiger partial charge on any atom is -0.325 e. The number of hydrogen-bond acceptors (Lipinski definition) is 3. The normalized spacial score (nSPS) is 11.4. The van der Waals surface area contributed by atoms with Gasteiger partial charge in [0.05, 0.1) is 24.3 Å². The van der Waals surface area contributed by atoms with Crippen LogP contribution >= 0.6 is 0 Å². The zero-order valence-corrected chi connectivity index (χ0v) is 15.6. The van der Waals surface area contributed by atoms with E-state index in [1.807, 2.05) is 25.1 Å². The van der Waals surface area contributed by atoms with Crippen molar-refractivity contribution in [3.8, 4) is 0 Å². The number of anilines is 2. The van der Waals surface area contributed by atoms with E-state index in [9.17, 15) is 22.8 Å². The highest BCUT2D eigenvalue weighted by atomic mass is 19.4. The van der Waals surface area contributed by atoms with Crippen LogP contribution in [0.3, 0.4) is 0 Å². The molecule has 0 saturated carbocycles. The predicted octanol–water partition coefficient (Wildman–Crippen LogP) is 3.78. The lowest BCUT2D eigenvalue weighted by molar-refractivity contribution is -0.137. The van der Waals surface area contributed by atoms with Crippen LogP contribution in [0.15, 0.2) is 48.5 Å². The van der Waals surface area contributed by atoms with Gasteiger partial charge in [-0.25, -0.2) is 0 Å². The fourth-order valence-electron chi connectivity index (χ4n) is 2.64. The number of nitrogens with one attached hydrogen (secondary N) is 2. The SMILES string of the molecule is CCc1cccc(NC(=O)CN(C)CC(=O)Nc2ccccc2C(F)(F)F)c1. The van der Waals surface area contributed by atoms with E-state index in [1.165, 1.54) is 30.1 Å². The molecule has 0 atom stereocenters. The van der Waals surface area contributed by atoms with Crippen molar-refractivity contribution in [1.82, 2.24) is 4.90 Å². The van der Waals surface area contributed by atoms with Gasteiger partial charge in [0.15, 0.2) is 0 Å². The van der Waals surface area contributed by atoms with Crippen molar-refractivity contribution in [2.24, 2.45) is 0 Å². The van der Waals surface area contributed by atoms with Crippen molar-refractivity contribution in [1.29, 1.82) is 0 Å². The molecule has 2 rings (SSSR count). The third-order valence-electron chi connectivity index (χ3n) is 3.95. The summed E-state index contributed by atoms with van der Waals surface area (Å²) in [6.45, 7) is 1.70. The van der Waals surface area contributed by atoms with E-state index in [0.29, 0.717) is 5.69 Å². The van der Waals surface area contributed by atoms with Gasteiger partial charge in [-0.05, 0) is 43.3 Å².